The first-order chi connectivity index (χ1) is 13.6. The van der Waals surface area contributed by atoms with Crippen molar-refractivity contribution in [2.24, 2.45) is 0 Å². The van der Waals surface area contributed by atoms with Crippen molar-refractivity contribution in [2.75, 3.05) is 27.7 Å². The minimum atomic E-state index is 1.10. The molecule has 0 spiro atoms. The second-order valence-corrected chi connectivity index (χ2v) is 9.38. The summed E-state index contributed by atoms with van der Waals surface area (Å²) in [4.78, 5) is 0. The van der Waals surface area contributed by atoms with Gasteiger partial charge in [0.1, 0.15) is 0 Å². The van der Waals surface area contributed by atoms with Crippen molar-refractivity contribution in [3.63, 3.8) is 0 Å². The summed E-state index contributed by atoms with van der Waals surface area (Å²) >= 11 is 0. The quantitative estimate of drug-likeness (QED) is 0.235. The standard InChI is InChI=1S/C26H39N2/c1-28(2,3)22-16-10-8-6-4-5-7-9-15-21-27-25-19-13-11-17-23(25)24-18-12-14-20-26(24)27/h11-14,17-20H,4-10,15-16,21-22H2,1-3H3/q+1. The molecule has 0 aliphatic rings. The number of quaternary nitrogens is 1. The molecule has 3 aromatic rings. The van der Waals surface area contributed by atoms with Crippen LogP contribution in [0, 0.1) is 0 Å². The van der Waals surface area contributed by atoms with Gasteiger partial charge in [-0.25, -0.2) is 0 Å². The topological polar surface area (TPSA) is 4.93 Å². The highest BCUT2D eigenvalue weighted by molar-refractivity contribution is 6.07. The summed E-state index contributed by atoms with van der Waals surface area (Å²) in [5.41, 5.74) is 2.77. The Kier molecular flexibility index (Phi) is 7.56. The van der Waals surface area contributed by atoms with Crippen molar-refractivity contribution in [2.45, 2.75) is 64.3 Å². The zero-order chi connectivity index (χ0) is 19.8. The van der Waals surface area contributed by atoms with Crippen LogP contribution in [0.3, 0.4) is 0 Å². The van der Waals surface area contributed by atoms with Gasteiger partial charge in [0.15, 0.2) is 0 Å². The zero-order valence-electron chi connectivity index (χ0n) is 18.3. The largest absolute Gasteiger partial charge is 0.340 e. The summed E-state index contributed by atoms with van der Waals surface area (Å²) in [6, 6.07) is 17.7. The van der Waals surface area contributed by atoms with Gasteiger partial charge in [0.05, 0.1) is 27.7 Å². The third-order valence-electron chi connectivity index (χ3n) is 5.89. The van der Waals surface area contributed by atoms with E-state index in [2.05, 4.69) is 74.2 Å². The smallest absolute Gasteiger partial charge is 0.0780 e. The van der Waals surface area contributed by atoms with Crippen LogP contribution in [-0.4, -0.2) is 36.7 Å². The van der Waals surface area contributed by atoms with Crippen molar-refractivity contribution in [1.29, 1.82) is 0 Å². The van der Waals surface area contributed by atoms with Gasteiger partial charge < -0.3 is 9.05 Å². The number of benzene rings is 2. The van der Waals surface area contributed by atoms with Crippen LogP contribution >= 0.6 is 0 Å². The molecule has 0 amide bonds. The molecule has 28 heavy (non-hydrogen) atoms. The first kappa shape index (κ1) is 20.9. The van der Waals surface area contributed by atoms with Gasteiger partial charge in [-0.3, -0.25) is 0 Å². The number of hydrogen-bond acceptors (Lipinski definition) is 0. The number of nitrogens with zero attached hydrogens (tertiary/aromatic N) is 2. The minimum Gasteiger partial charge on any atom is -0.340 e. The van der Waals surface area contributed by atoms with Crippen LogP contribution < -0.4 is 0 Å². The third-order valence-corrected chi connectivity index (χ3v) is 5.89. The highest BCUT2D eigenvalue weighted by Crippen LogP contribution is 2.29. The first-order valence-corrected chi connectivity index (χ1v) is 11.3. The molecule has 0 saturated carbocycles. The highest BCUT2D eigenvalue weighted by Gasteiger charge is 2.09. The SMILES string of the molecule is C[N+](C)(C)CCCCCCCCCCCn1c2ccccc2c2ccccc21. The number of rotatable bonds is 12. The normalized spacial score (nSPS) is 12.2. The molecule has 2 heteroatoms. The maximum Gasteiger partial charge on any atom is 0.0780 e. The van der Waals surface area contributed by atoms with Gasteiger partial charge in [0, 0.05) is 28.4 Å². The fourth-order valence-electron chi connectivity index (χ4n) is 4.34. The Morgan fingerprint density at radius 3 is 1.50 bits per heavy atom. The lowest BCUT2D eigenvalue weighted by atomic mass is 10.1. The molecule has 1 aromatic heterocycles. The van der Waals surface area contributed by atoms with Crippen LogP contribution in [0.2, 0.25) is 0 Å². The lowest BCUT2D eigenvalue weighted by Crippen LogP contribution is -2.35. The number of hydrogen-bond donors (Lipinski definition) is 0. The maximum absolute atomic E-state index is 2.53. The summed E-state index contributed by atoms with van der Waals surface area (Å²) in [7, 11) is 6.87. The second kappa shape index (κ2) is 10.1. The summed E-state index contributed by atoms with van der Waals surface area (Å²) in [5, 5.41) is 2.78. The van der Waals surface area contributed by atoms with E-state index < -0.39 is 0 Å². The third kappa shape index (κ3) is 5.85. The lowest BCUT2D eigenvalue weighted by Gasteiger charge is -2.23. The average Bonchev–Trinajstić information content (AvgIpc) is 2.99. The summed E-state index contributed by atoms with van der Waals surface area (Å²) < 4.78 is 3.63. The van der Waals surface area contributed by atoms with Crippen LogP contribution in [0.4, 0.5) is 0 Å². The van der Waals surface area contributed by atoms with Crippen molar-refractivity contribution >= 4 is 21.8 Å². The average molecular weight is 380 g/mol. The Morgan fingerprint density at radius 2 is 1.00 bits per heavy atom. The molecule has 2 aromatic carbocycles. The molecule has 0 atom stereocenters. The predicted octanol–water partition coefficient (Wildman–Crippen LogP) is 7.01. The van der Waals surface area contributed by atoms with Crippen molar-refractivity contribution in [3.05, 3.63) is 48.5 Å². The maximum atomic E-state index is 2.53. The lowest BCUT2D eigenvalue weighted by molar-refractivity contribution is -0.870. The predicted molar refractivity (Wildman–Crippen MR) is 124 cm³/mol. The fourth-order valence-corrected chi connectivity index (χ4v) is 4.34. The molecule has 152 valence electrons. The van der Waals surface area contributed by atoms with Gasteiger partial charge >= 0.3 is 0 Å². The van der Waals surface area contributed by atoms with E-state index in [0.29, 0.717) is 0 Å². The second-order valence-electron chi connectivity index (χ2n) is 9.38. The van der Waals surface area contributed by atoms with Crippen molar-refractivity contribution in [1.82, 2.24) is 4.57 Å². The zero-order valence-corrected chi connectivity index (χ0v) is 18.3. The molecule has 0 fully saturated rings. The Balaban J connectivity index is 1.35. The Hall–Kier alpha value is -1.80. The molecule has 1 heterocycles. The summed E-state index contributed by atoms with van der Waals surface area (Å²) in [5.74, 6) is 0. The number of para-hydroxylation sites is 2. The van der Waals surface area contributed by atoms with E-state index in [1.165, 1.54) is 86.1 Å². The molecule has 0 saturated heterocycles. The molecular weight excluding hydrogens is 340 g/mol. The highest BCUT2D eigenvalue weighted by atomic mass is 15.3. The molecule has 2 nitrogen and oxygen atoms in total. The van der Waals surface area contributed by atoms with Crippen LogP contribution in [0.25, 0.3) is 21.8 Å². The van der Waals surface area contributed by atoms with Gasteiger partial charge in [0.2, 0.25) is 0 Å². The van der Waals surface area contributed by atoms with E-state index in [4.69, 9.17) is 0 Å². The fraction of sp³-hybridized carbons (Fsp3) is 0.538. The van der Waals surface area contributed by atoms with Crippen LogP contribution in [0.15, 0.2) is 48.5 Å². The van der Waals surface area contributed by atoms with E-state index >= 15 is 0 Å². The van der Waals surface area contributed by atoms with Crippen molar-refractivity contribution in [3.8, 4) is 0 Å². The monoisotopic (exact) mass is 379 g/mol. The minimum absolute atomic E-state index is 1.10. The van der Waals surface area contributed by atoms with Crippen LogP contribution in [0.5, 0.6) is 0 Å². The van der Waals surface area contributed by atoms with Crippen LogP contribution in [-0.2, 0) is 6.54 Å². The molecule has 0 bridgehead atoms. The van der Waals surface area contributed by atoms with E-state index in [-0.39, 0.29) is 0 Å². The molecule has 0 aliphatic carbocycles. The van der Waals surface area contributed by atoms with Gasteiger partial charge in [-0.05, 0) is 31.4 Å². The first-order valence-electron chi connectivity index (χ1n) is 11.3. The van der Waals surface area contributed by atoms with Gasteiger partial charge in [-0.15, -0.1) is 0 Å². The van der Waals surface area contributed by atoms with Gasteiger partial charge in [-0.1, -0.05) is 74.9 Å². The molecule has 0 N–H and O–H groups in total. The van der Waals surface area contributed by atoms with Gasteiger partial charge in [-0.2, -0.15) is 0 Å². The molecule has 0 aliphatic heterocycles. The number of aryl methyl sites for hydroxylation is 1. The van der Waals surface area contributed by atoms with E-state index in [1.807, 2.05) is 0 Å². The van der Waals surface area contributed by atoms with E-state index in [0.717, 1.165) is 11.0 Å². The number of unbranched alkanes of at least 4 members (excludes halogenated alkanes) is 8. The van der Waals surface area contributed by atoms with Crippen molar-refractivity contribution < 1.29 is 4.48 Å². The molecular formula is C26H39N2+. The van der Waals surface area contributed by atoms with E-state index in [9.17, 15) is 0 Å². The van der Waals surface area contributed by atoms with Crippen LogP contribution in [0.1, 0.15) is 57.8 Å². The van der Waals surface area contributed by atoms with E-state index in [1.54, 1.807) is 0 Å². The molecule has 3 rings (SSSR count). The summed E-state index contributed by atoms with van der Waals surface area (Å²) in [6.45, 7) is 2.45. The Labute approximate surface area is 171 Å². The number of fused-ring (bicyclic) bond motifs is 3. The molecule has 0 radical (unpaired) electrons. The Bertz CT molecular complexity index is 800. The Morgan fingerprint density at radius 1 is 0.571 bits per heavy atom. The van der Waals surface area contributed by atoms with Gasteiger partial charge in [0.25, 0.3) is 0 Å². The summed E-state index contributed by atoms with van der Waals surface area (Å²) in [6.07, 6.45) is 12.5. The molecule has 0 unspecified atom stereocenters. The number of aromatic nitrogens is 1.